The van der Waals surface area contributed by atoms with E-state index < -0.39 is 0 Å². The molecular formula is C16H32N2O. The van der Waals surface area contributed by atoms with Gasteiger partial charge in [-0.1, -0.05) is 33.1 Å². The molecule has 0 aromatic heterocycles. The molecule has 0 radical (unpaired) electrons. The third kappa shape index (κ3) is 5.80. The number of rotatable bonds is 7. The molecule has 1 aliphatic heterocycles. The first-order chi connectivity index (χ1) is 9.24. The van der Waals surface area contributed by atoms with Gasteiger partial charge in [-0.15, -0.1) is 0 Å². The normalized spacial score (nSPS) is 26.4. The molecule has 0 spiro atoms. The molecule has 1 saturated heterocycles. The maximum Gasteiger partial charge on any atom is 0.0597 e. The first kappa shape index (κ1) is 15.3. The molecule has 0 amide bonds. The van der Waals surface area contributed by atoms with E-state index >= 15 is 0 Å². The van der Waals surface area contributed by atoms with Crippen LogP contribution in [-0.4, -0.2) is 49.8 Å². The Balaban J connectivity index is 1.52. The van der Waals surface area contributed by atoms with Crippen molar-refractivity contribution in [3.05, 3.63) is 0 Å². The average molecular weight is 268 g/mol. The van der Waals surface area contributed by atoms with Crippen LogP contribution in [0.3, 0.4) is 0 Å². The Bertz CT molecular complexity index is 239. The fourth-order valence-electron chi connectivity index (χ4n) is 3.27. The van der Waals surface area contributed by atoms with Gasteiger partial charge < -0.3 is 15.0 Å². The van der Waals surface area contributed by atoms with Crippen LogP contribution >= 0.6 is 0 Å². The highest BCUT2D eigenvalue weighted by molar-refractivity contribution is 4.77. The summed E-state index contributed by atoms with van der Waals surface area (Å²) in [5.74, 6) is 0.845. The molecule has 1 saturated carbocycles. The van der Waals surface area contributed by atoms with Crippen LogP contribution < -0.4 is 5.32 Å². The van der Waals surface area contributed by atoms with E-state index in [-0.39, 0.29) is 0 Å². The van der Waals surface area contributed by atoms with Crippen LogP contribution in [-0.2, 0) is 4.74 Å². The van der Waals surface area contributed by atoms with E-state index in [9.17, 15) is 0 Å². The molecule has 0 bridgehead atoms. The molecule has 1 aliphatic carbocycles. The van der Waals surface area contributed by atoms with Crippen molar-refractivity contribution in [1.82, 2.24) is 10.2 Å². The molecule has 19 heavy (non-hydrogen) atoms. The van der Waals surface area contributed by atoms with Gasteiger partial charge in [0.15, 0.2) is 0 Å². The lowest BCUT2D eigenvalue weighted by Crippen LogP contribution is -2.32. The first-order valence-electron chi connectivity index (χ1n) is 8.31. The van der Waals surface area contributed by atoms with Gasteiger partial charge in [-0.05, 0) is 38.3 Å². The second-order valence-corrected chi connectivity index (χ2v) is 6.65. The molecule has 0 aromatic carbocycles. The predicted molar refractivity (Wildman–Crippen MR) is 80.5 cm³/mol. The van der Waals surface area contributed by atoms with Crippen molar-refractivity contribution < 1.29 is 4.74 Å². The third-order valence-electron chi connectivity index (χ3n) is 4.50. The summed E-state index contributed by atoms with van der Waals surface area (Å²) in [4.78, 5) is 2.58. The fourth-order valence-corrected chi connectivity index (χ4v) is 3.27. The SMILES string of the molecule is CC(C)NCC1CCN(CCOC2CCCCC2)C1. The van der Waals surface area contributed by atoms with Crippen molar-refractivity contribution in [3.63, 3.8) is 0 Å². The van der Waals surface area contributed by atoms with Crippen LogP contribution in [0.4, 0.5) is 0 Å². The van der Waals surface area contributed by atoms with Crippen molar-refractivity contribution in [3.8, 4) is 0 Å². The molecule has 0 aromatic rings. The standard InChI is InChI=1S/C16H32N2O/c1-14(2)17-12-15-8-9-18(13-15)10-11-19-16-6-4-3-5-7-16/h14-17H,3-13H2,1-2H3. The topological polar surface area (TPSA) is 24.5 Å². The van der Waals surface area contributed by atoms with E-state index in [0.29, 0.717) is 12.1 Å². The van der Waals surface area contributed by atoms with Gasteiger partial charge in [0.2, 0.25) is 0 Å². The van der Waals surface area contributed by atoms with E-state index in [1.165, 1.54) is 58.2 Å². The molecule has 1 N–H and O–H groups in total. The van der Waals surface area contributed by atoms with Crippen LogP contribution in [0.25, 0.3) is 0 Å². The van der Waals surface area contributed by atoms with Crippen molar-refractivity contribution >= 4 is 0 Å². The molecule has 1 unspecified atom stereocenters. The highest BCUT2D eigenvalue weighted by Gasteiger charge is 2.22. The molecule has 3 nitrogen and oxygen atoms in total. The summed E-state index contributed by atoms with van der Waals surface area (Å²) in [6.07, 6.45) is 8.66. The Labute approximate surface area is 119 Å². The number of ether oxygens (including phenoxy) is 1. The Kier molecular flexibility index (Phi) is 6.62. The summed E-state index contributed by atoms with van der Waals surface area (Å²) in [6.45, 7) is 10.2. The summed E-state index contributed by atoms with van der Waals surface area (Å²) in [5, 5.41) is 3.56. The maximum absolute atomic E-state index is 6.02. The minimum atomic E-state index is 0.565. The highest BCUT2D eigenvalue weighted by Crippen LogP contribution is 2.20. The van der Waals surface area contributed by atoms with Crippen LogP contribution in [0.2, 0.25) is 0 Å². The van der Waals surface area contributed by atoms with Gasteiger partial charge in [-0.2, -0.15) is 0 Å². The lowest BCUT2D eigenvalue weighted by molar-refractivity contribution is 0.0184. The van der Waals surface area contributed by atoms with Gasteiger partial charge in [0, 0.05) is 19.1 Å². The zero-order valence-electron chi connectivity index (χ0n) is 12.9. The summed E-state index contributed by atoms with van der Waals surface area (Å²) >= 11 is 0. The van der Waals surface area contributed by atoms with Crippen LogP contribution in [0.15, 0.2) is 0 Å². The number of likely N-dealkylation sites (tertiary alicyclic amines) is 1. The van der Waals surface area contributed by atoms with Crippen LogP contribution in [0, 0.1) is 5.92 Å². The Hall–Kier alpha value is -0.120. The van der Waals surface area contributed by atoms with E-state index in [1.54, 1.807) is 0 Å². The zero-order chi connectivity index (χ0) is 13.5. The minimum absolute atomic E-state index is 0.565. The zero-order valence-corrected chi connectivity index (χ0v) is 12.9. The first-order valence-corrected chi connectivity index (χ1v) is 8.31. The molecule has 2 aliphatic rings. The Morgan fingerprint density at radius 3 is 2.68 bits per heavy atom. The molecule has 1 heterocycles. The number of hydrogen-bond donors (Lipinski definition) is 1. The van der Waals surface area contributed by atoms with Crippen molar-refractivity contribution in [2.45, 2.75) is 64.5 Å². The smallest absolute Gasteiger partial charge is 0.0597 e. The van der Waals surface area contributed by atoms with Gasteiger partial charge in [-0.3, -0.25) is 0 Å². The summed E-state index contributed by atoms with van der Waals surface area (Å²) < 4.78 is 6.02. The van der Waals surface area contributed by atoms with Crippen LogP contribution in [0.5, 0.6) is 0 Å². The number of hydrogen-bond acceptors (Lipinski definition) is 3. The second-order valence-electron chi connectivity index (χ2n) is 6.65. The highest BCUT2D eigenvalue weighted by atomic mass is 16.5. The van der Waals surface area contributed by atoms with E-state index in [2.05, 4.69) is 24.1 Å². The second kappa shape index (κ2) is 8.23. The van der Waals surface area contributed by atoms with Crippen molar-refractivity contribution in [2.24, 2.45) is 5.92 Å². The van der Waals surface area contributed by atoms with E-state index in [0.717, 1.165) is 19.1 Å². The third-order valence-corrected chi connectivity index (χ3v) is 4.50. The average Bonchev–Trinajstić information content (AvgIpc) is 2.86. The molecule has 112 valence electrons. The van der Waals surface area contributed by atoms with E-state index in [1.807, 2.05) is 0 Å². The van der Waals surface area contributed by atoms with E-state index in [4.69, 9.17) is 4.74 Å². The van der Waals surface area contributed by atoms with Gasteiger partial charge in [0.25, 0.3) is 0 Å². The van der Waals surface area contributed by atoms with Gasteiger partial charge in [-0.25, -0.2) is 0 Å². The van der Waals surface area contributed by atoms with Gasteiger partial charge >= 0.3 is 0 Å². The fraction of sp³-hybridized carbons (Fsp3) is 1.00. The van der Waals surface area contributed by atoms with Crippen molar-refractivity contribution in [2.75, 3.05) is 32.8 Å². The molecule has 2 fully saturated rings. The summed E-state index contributed by atoms with van der Waals surface area (Å²) in [6, 6.07) is 0.615. The molecule has 3 heteroatoms. The number of nitrogens with zero attached hydrogens (tertiary/aromatic N) is 1. The molecule has 2 rings (SSSR count). The quantitative estimate of drug-likeness (QED) is 0.768. The maximum atomic E-state index is 6.02. The summed E-state index contributed by atoms with van der Waals surface area (Å²) in [7, 11) is 0. The van der Waals surface area contributed by atoms with Crippen molar-refractivity contribution in [1.29, 1.82) is 0 Å². The number of nitrogens with one attached hydrogen (secondary N) is 1. The summed E-state index contributed by atoms with van der Waals surface area (Å²) in [5.41, 5.74) is 0. The lowest BCUT2D eigenvalue weighted by Gasteiger charge is -2.23. The lowest BCUT2D eigenvalue weighted by atomic mass is 9.98. The Morgan fingerprint density at radius 1 is 1.16 bits per heavy atom. The van der Waals surface area contributed by atoms with Gasteiger partial charge in [0.05, 0.1) is 12.7 Å². The predicted octanol–water partition coefficient (Wildman–Crippen LogP) is 2.66. The molecular weight excluding hydrogens is 236 g/mol. The Morgan fingerprint density at radius 2 is 1.95 bits per heavy atom. The largest absolute Gasteiger partial charge is 0.377 e. The minimum Gasteiger partial charge on any atom is -0.377 e. The monoisotopic (exact) mass is 268 g/mol. The molecule has 1 atom stereocenters. The van der Waals surface area contributed by atoms with Gasteiger partial charge in [0.1, 0.15) is 0 Å². The van der Waals surface area contributed by atoms with Crippen LogP contribution in [0.1, 0.15) is 52.4 Å².